The summed E-state index contributed by atoms with van der Waals surface area (Å²) in [7, 11) is 0. The van der Waals surface area contributed by atoms with Crippen LogP contribution in [0, 0.1) is 17.2 Å². The lowest BCUT2D eigenvalue weighted by atomic mass is 9.70. The van der Waals surface area contributed by atoms with Crippen LogP contribution in [0.15, 0.2) is 91.0 Å². The molecule has 0 bridgehead atoms. The Morgan fingerprint density at radius 3 is 2.06 bits per heavy atom. The molecule has 1 N–H and O–H groups in total. The molecule has 2 atom stereocenters. The van der Waals surface area contributed by atoms with Crippen molar-refractivity contribution in [2.24, 2.45) is 5.92 Å². The van der Waals surface area contributed by atoms with Crippen molar-refractivity contribution in [3.05, 3.63) is 108 Å². The van der Waals surface area contributed by atoms with E-state index < -0.39 is 5.41 Å². The van der Waals surface area contributed by atoms with Crippen LogP contribution in [0.2, 0.25) is 0 Å². The maximum atomic E-state index is 13.4. The Morgan fingerprint density at radius 2 is 1.53 bits per heavy atom. The summed E-state index contributed by atoms with van der Waals surface area (Å²) in [6.07, 6.45) is 3.35. The van der Waals surface area contributed by atoms with Gasteiger partial charge < -0.3 is 5.32 Å². The minimum absolute atomic E-state index is 0.0518. The van der Waals surface area contributed by atoms with E-state index in [1.807, 2.05) is 42.5 Å². The summed E-state index contributed by atoms with van der Waals surface area (Å²) in [4.78, 5) is 15.8. The van der Waals surface area contributed by atoms with Crippen LogP contribution >= 0.6 is 0 Å². The summed E-state index contributed by atoms with van der Waals surface area (Å²) in [5.41, 5.74) is 2.94. The van der Waals surface area contributed by atoms with Crippen LogP contribution < -0.4 is 5.32 Å². The highest BCUT2D eigenvalue weighted by atomic mass is 16.2. The first-order valence-electron chi connectivity index (χ1n) is 13.2. The van der Waals surface area contributed by atoms with Crippen molar-refractivity contribution in [2.75, 3.05) is 13.1 Å². The highest BCUT2D eigenvalue weighted by molar-refractivity contribution is 5.82. The van der Waals surface area contributed by atoms with E-state index in [4.69, 9.17) is 0 Å². The zero-order valence-electron chi connectivity index (χ0n) is 21.4. The van der Waals surface area contributed by atoms with Crippen LogP contribution in [0.5, 0.6) is 0 Å². The van der Waals surface area contributed by atoms with Gasteiger partial charge in [0.2, 0.25) is 5.91 Å². The number of likely N-dealkylation sites (tertiary alicyclic amines) is 1. The molecule has 0 radical (unpaired) electrons. The second-order valence-corrected chi connectivity index (χ2v) is 10.1. The van der Waals surface area contributed by atoms with Gasteiger partial charge in [-0.25, -0.2) is 0 Å². The van der Waals surface area contributed by atoms with E-state index in [0.29, 0.717) is 6.54 Å². The smallest absolute Gasteiger partial charge is 0.237 e. The van der Waals surface area contributed by atoms with E-state index in [-0.39, 0.29) is 23.9 Å². The third-order valence-electron chi connectivity index (χ3n) is 7.68. The van der Waals surface area contributed by atoms with E-state index >= 15 is 0 Å². The molecular weight excluding hydrogens is 442 g/mol. The number of benzene rings is 3. The van der Waals surface area contributed by atoms with Crippen molar-refractivity contribution >= 4 is 5.91 Å². The number of carbonyl (C=O) groups excluding carboxylic acids is 1. The molecule has 1 fully saturated rings. The summed E-state index contributed by atoms with van der Waals surface area (Å²) in [6.45, 7) is 5.69. The molecule has 0 saturated carbocycles. The lowest BCUT2D eigenvalue weighted by Crippen LogP contribution is -2.45. The molecule has 186 valence electrons. The van der Waals surface area contributed by atoms with Gasteiger partial charge in [0.05, 0.1) is 23.6 Å². The van der Waals surface area contributed by atoms with Crippen LogP contribution in [0.25, 0.3) is 0 Å². The van der Waals surface area contributed by atoms with Crippen molar-refractivity contribution in [2.45, 2.75) is 57.0 Å². The summed E-state index contributed by atoms with van der Waals surface area (Å²) in [5, 5.41) is 13.4. The molecular formula is C32H37N3O. The number of nitrogens with zero attached hydrogens (tertiary/aromatic N) is 2. The molecule has 1 saturated heterocycles. The molecule has 1 unspecified atom stereocenters. The normalized spacial score (nSPS) is 17.6. The Morgan fingerprint density at radius 1 is 0.972 bits per heavy atom. The van der Waals surface area contributed by atoms with Gasteiger partial charge in [-0.3, -0.25) is 9.69 Å². The third-order valence-corrected chi connectivity index (χ3v) is 7.68. The number of nitrogens with one attached hydrogen (secondary N) is 1. The molecule has 0 spiro atoms. The van der Waals surface area contributed by atoms with E-state index in [0.717, 1.165) is 37.8 Å². The van der Waals surface area contributed by atoms with Crippen molar-refractivity contribution in [1.29, 1.82) is 5.26 Å². The zero-order chi connectivity index (χ0) is 25.4. The fourth-order valence-electron chi connectivity index (χ4n) is 5.67. The number of nitriles is 1. The van der Waals surface area contributed by atoms with Crippen molar-refractivity contribution in [3.63, 3.8) is 0 Å². The number of hydrogen-bond acceptors (Lipinski definition) is 3. The Balaban J connectivity index is 1.44. The molecule has 4 rings (SSSR count). The minimum atomic E-state index is -0.545. The summed E-state index contributed by atoms with van der Waals surface area (Å²) < 4.78 is 0. The van der Waals surface area contributed by atoms with E-state index in [2.05, 4.69) is 78.7 Å². The molecule has 1 heterocycles. The largest absolute Gasteiger partial charge is 0.355 e. The molecule has 1 amide bonds. The van der Waals surface area contributed by atoms with Gasteiger partial charge >= 0.3 is 0 Å². The molecule has 36 heavy (non-hydrogen) atoms. The van der Waals surface area contributed by atoms with Gasteiger partial charge in [-0.2, -0.15) is 5.26 Å². The molecule has 1 aliphatic heterocycles. The summed E-state index contributed by atoms with van der Waals surface area (Å²) >= 11 is 0. The molecule has 0 aromatic heterocycles. The molecule has 4 nitrogen and oxygen atoms in total. The van der Waals surface area contributed by atoms with Crippen LogP contribution in [-0.2, 0) is 10.2 Å². The lowest BCUT2D eigenvalue weighted by Gasteiger charge is -2.33. The predicted octanol–water partition coefficient (Wildman–Crippen LogP) is 6.25. The van der Waals surface area contributed by atoms with Gasteiger partial charge in [0.25, 0.3) is 0 Å². The fourth-order valence-corrected chi connectivity index (χ4v) is 5.67. The second kappa shape index (κ2) is 12.0. The first-order chi connectivity index (χ1) is 17.6. The molecule has 4 heteroatoms. The van der Waals surface area contributed by atoms with E-state index in [1.165, 1.54) is 11.1 Å². The topological polar surface area (TPSA) is 56.1 Å². The van der Waals surface area contributed by atoms with Crippen LogP contribution in [0.1, 0.15) is 62.3 Å². The number of hydrogen-bond donors (Lipinski definition) is 1. The maximum Gasteiger partial charge on any atom is 0.237 e. The molecule has 3 aromatic carbocycles. The highest BCUT2D eigenvalue weighted by Gasteiger charge is 2.38. The molecule has 0 aliphatic carbocycles. The monoisotopic (exact) mass is 479 g/mol. The Bertz CT molecular complexity index is 1100. The van der Waals surface area contributed by atoms with Crippen molar-refractivity contribution in [3.8, 4) is 6.07 Å². The maximum absolute atomic E-state index is 13.4. The Labute approximate surface area is 216 Å². The van der Waals surface area contributed by atoms with Gasteiger partial charge in [0, 0.05) is 6.54 Å². The summed E-state index contributed by atoms with van der Waals surface area (Å²) in [6, 6.07) is 33.5. The van der Waals surface area contributed by atoms with Gasteiger partial charge in [-0.1, -0.05) is 105 Å². The minimum Gasteiger partial charge on any atom is -0.355 e. The first kappa shape index (κ1) is 25.7. The fraction of sp³-hybridized carbons (Fsp3) is 0.375. The van der Waals surface area contributed by atoms with Crippen molar-refractivity contribution < 1.29 is 4.79 Å². The Hall–Kier alpha value is -3.42. The number of carbonyl (C=O) groups is 1. The second-order valence-electron chi connectivity index (χ2n) is 10.1. The first-order valence-corrected chi connectivity index (χ1v) is 13.2. The third kappa shape index (κ3) is 5.53. The quantitative estimate of drug-likeness (QED) is 0.350. The average molecular weight is 480 g/mol. The standard InChI is InChI=1S/C32H37N3O/c1-25(2)32(24-33,28-18-10-5-11-19-28)21-13-22-34-31(36)29-20-12-23-35(29)30(26-14-6-3-7-15-26)27-16-8-4-9-17-27/h3-11,14-19,25,29-30H,12-13,20-23H2,1-2H3,(H,34,36)/t29-,32?/m1/s1. The predicted molar refractivity (Wildman–Crippen MR) is 145 cm³/mol. The van der Waals surface area contributed by atoms with Gasteiger partial charge in [-0.15, -0.1) is 0 Å². The Kier molecular flexibility index (Phi) is 8.57. The van der Waals surface area contributed by atoms with Gasteiger partial charge in [0.1, 0.15) is 0 Å². The van der Waals surface area contributed by atoms with Crippen LogP contribution in [0.3, 0.4) is 0 Å². The number of amides is 1. The zero-order valence-corrected chi connectivity index (χ0v) is 21.4. The van der Waals surface area contributed by atoms with Crippen LogP contribution in [-0.4, -0.2) is 29.9 Å². The average Bonchev–Trinajstić information content (AvgIpc) is 3.40. The highest BCUT2D eigenvalue weighted by Crippen LogP contribution is 2.37. The van der Waals surface area contributed by atoms with Crippen molar-refractivity contribution in [1.82, 2.24) is 10.2 Å². The van der Waals surface area contributed by atoms with Crippen LogP contribution in [0.4, 0.5) is 0 Å². The SMILES string of the molecule is CC(C)C(C#N)(CCCNC(=O)[C@H]1CCCN1C(c1ccccc1)c1ccccc1)c1ccccc1. The van der Waals surface area contributed by atoms with Gasteiger partial charge in [0.15, 0.2) is 0 Å². The summed E-state index contributed by atoms with van der Waals surface area (Å²) in [5.74, 6) is 0.277. The van der Waals surface area contributed by atoms with E-state index in [9.17, 15) is 10.1 Å². The van der Waals surface area contributed by atoms with E-state index in [1.54, 1.807) is 0 Å². The van der Waals surface area contributed by atoms with Gasteiger partial charge in [-0.05, 0) is 54.8 Å². The molecule has 3 aromatic rings. The molecule has 1 aliphatic rings. The lowest BCUT2D eigenvalue weighted by molar-refractivity contribution is -0.126. The number of rotatable bonds is 10.